The number of benzene rings is 2. The summed E-state index contributed by atoms with van der Waals surface area (Å²) < 4.78 is 14.6. The molecule has 2 heterocycles. The van der Waals surface area contributed by atoms with Gasteiger partial charge in [-0.25, -0.2) is 9.49 Å². The van der Waals surface area contributed by atoms with Crippen molar-refractivity contribution in [2.45, 2.75) is 12.6 Å². The molecular formula is C23H24FN5O2. The highest BCUT2D eigenvalue weighted by molar-refractivity contribution is 5.95. The van der Waals surface area contributed by atoms with Gasteiger partial charge in [0.25, 0.3) is 11.5 Å². The summed E-state index contributed by atoms with van der Waals surface area (Å²) in [5, 5.41) is 11.1. The fourth-order valence-corrected chi connectivity index (χ4v) is 3.89. The minimum atomic E-state index is -0.555. The summed E-state index contributed by atoms with van der Waals surface area (Å²) in [4.78, 5) is 28.8. The molecule has 1 aliphatic heterocycles. The van der Waals surface area contributed by atoms with Crippen LogP contribution in [0.5, 0.6) is 0 Å². The third kappa shape index (κ3) is 4.20. The highest BCUT2D eigenvalue weighted by Gasteiger charge is 2.28. The van der Waals surface area contributed by atoms with E-state index in [1.54, 1.807) is 35.4 Å². The van der Waals surface area contributed by atoms with Gasteiger partial charge in [0.15, 0.2) is 0 Å². The number of amides is 1. The van der Waals surface area contributed by atoms with E-state index in [2.05, 4.69) is 27.0 Å². The second-order valence-corrected chi connectivity index (χ2v) is 7.65. The van der Waals surface area contributed by atoms with E-state index in [-0.39, 0.29) is 23.2 Å². The number of hydrogen-bond acceptors (Lipinski definition) is 5. The van der Waals surface area contributed by atoms with Crippen LogP contribution < -0.4 is 10.9 Å². The summed E-state index contributed by atoms with van der Waals surface area (Å²) in [6.07, 6.45) is 1.89. The average molecular weight is 421 g/mol. The van der Waals surface area contributed by atoms with Crippen LogP contribution in [-0.2, 0) is 6.42 Å². The number of hydrogen-bond donors (Lipinski definition) is 2. The van der Waals surface area contributed by atoms with Crippen LogP contribution in [0, 0.1) is 5.82 Å². The zero-order valence-electron chi connectivity index (χ0n) is 17.3. The van der Waals surface area contributed by atoms with E-state index >= 15 is 0 Å². The number of nitrogens with one attached hydrogen (secondary N) is 2. The molecule has 1 atom stereocenters. The van der Waals surface area contributed by atoms with Crippen LogP contribution in [0.4, 0.5) is 4.39 Å². The molecule has 1 fully saturated rings. The second-order valence-electron chi connectivity index (χ2n) is 7.65. The van der Waals surface area contributed by atoms with E-state index in [1.165, 1.54) is 6.07 Å². The van der Waals surface area contributed by atoms with Crippen molar-refractivity contribution < 1.29 is 9.18 Å². The van der Waals surface area contributed by atoms with Gasteiger partial charge in [-0.3, -0.25) is 14.5 Å². The normalized spacial score (nSPS) is 17.0. The predicted molar refractivity (Wildman–Crippen MR) is 117 cm³/mol. The van der Waals surface area contributed by atoms with E-state index in [0.29, 0.717) is 37.1 Å². The number of halogens is 1. The van der Waals surface area contributed by atoms with Gasteiger partial charge in [-0.05, 0) is 37.0 Å². The number of fused-ring (bicyclic) bond motifs is 1. The number of carbonyl (C=O) groups excluding carboxylic acids is 1. The zero-order valence-corrected chi connectivity index (χ0v) is 17.3. The molecule has 160 valence electrons. The largest absolute Gasteiger partial charge is 0.375 e. The van der Waals surface area contributed by atoms with Gasteiger partial charge in [0.05, 0.1) is 29.4 Å². The maximum Gasteiger partial charge on any atom is 0.272 e. The maximum absolute atomic E-state index is 14.6. The van der Waals surface area contributed by atoms with E-state index in [1.807, 2.05) is 19.2 Å². The van der Waals surface area contributed by atoms with Crippen LogP contribution >= 0.6 is 0 Å². The molecule has 2 N–H and O–H groups in total. The summed E-state index contributed by atoms with van der Waals surface area (Å²) >= 11 is 0. The first-order valence-electron chi connectivity index (χ1n) is 10.1. The number of rotatable bonds is 5. The molecule has 31 heavy (non-hydrogen) atoms. The Labute approximate surface area is 179 Å². The first-order chi connectivity index (χ1) is 15.0. The molecule has 1 saturated heterocycles. The minimum absolute atomic E-state index is 0.0353. The quantitative estimate of drug-likeness (QED) is 0.660. The van der Waals surface area contributed by atoms with Gasteiger partial charge in [0, 0.05) is 24.9 Å². The summed E-state index contributed by atoms with van der Waals surface area (Å²) in [6.45, 7) is 5.30. The topological polar surface area (TPSA) is 81.3 Å². The fraction of sp³-hybridized carbons (Fsp3) is 0.261. The summed E-state index contributed by atoms with van der Waals surface area (Å²) in [6, 6.07) is 11.7. The van der Waals surface area contributed by atoms with Crippen molar-refractivity contribution in [3.8, 4) is 0 Å². The van der Waals surface area contributed by atoms with Crippen LogP contribution in [0.15, 0.2) is 60.0 Å². The molecule has 8 heteroatoms. The molecule has 7 nitrogen and oxygen atoms in total. The molecule has 0 bridgehead atoms. The van der Waals surface area contributed by atoms with Crippen LogP contribution in [0.25, 0.3) is 10.8 Å². The molecule has 0 aliphatic carbocycles. The molecule has 3 aromatic rings. The van der Waals surface area contributed by atoms with Crippen molar-refractivity contribution in [2.75, 3.05) is 26.7 Å². The molecule has 4 rings (SSSR count). The minimum Gasteiger partial charge on any atom is -0.375 e. The van der Waals surface area contributed by atoms with E-state index in [9.17, 15) is 14.0 Å². The number of aromatic amines is 1. The standard InChI is InChI=1S/C23H24FN5O2/c1-3-25-21-14-29(11-10-28(21)2)23(31)18-12-15(8-9-19(18)24)13-20-16-6-4-5-7-17(16)22(30)27-26-20/h3-9,12,21,25H,1,10-11,13-14H2,2H3,(H,27,30). The maximum atomic E-state index is 14.6. The smallest absolute Gasteiger partial charge is 0.272 e. The Bertz CT molecular complexity index is 1190. The van der Waals surface area contributed by atoms with Crippen molar-refractivity contribution in [2.24, 2.45) is 0 Å². The molecule has 1 unspecified atom stereocenters. The lowest BCUT2D eigenvalue weighted by Crippen LogP contribution is -2.57. The summed E-state index contributed by atoms with van der Waals surface area (Å²) in [5.41, 5.74) is 1.18. The van der Waals surface area contributed by atoms with E-state index in [0.717, 1.165) is 10.9 Å². The third-order valence-electron chi connectivity index (χ3n) is 5.65. The van der Waals surface area contributed by atoms with Gasteiger partial charge in [-0.15, -0.1) is 0 Å². The Morgan fingerprint density at radius 2 is 2.06 bits per heavy atom. The monoisotopic (exact) mass is 421 g/mol. The molecule has 0 radical (unpaired) electrons. The Morgan fingerprint density at radius 3 is 2.84 bits per heavy atom. The third-order valence-corrected chi connectivity index (χ3v) is 5.65. The molecule has 1 amide bonds. The predicted octanol–water partition coefficient (Wildman–Crippen LogP) is 2.10. The van der Waals surface area contributed by atoms with Crippen LogP contribution in [0.1, 0.15) is 21.6 Å². The number of aromatic nitrogens is 2. The van der Waals surface area contributed by atoms with Crippen LogP contribution in [0.3, 0.4) is 0 Å². The molecular weight excluding hydrogens is 397 g/mol. The van der Waals surface area contributed by atoms with E-state index < -0.39 is 5.82 Å². The van der Waals surface area contributed by atoms with Crippen molar-refractivity contribution in [3.63, 3.8) is 0 Å². The number of likely N-dealkylation sites (N-methyl/N-ethyl adjacent to an activating group) is 1. The van der Waals surface area contributed by atoms with Crippen LogP contribution in [-0.4, -0.2) is 58.8 Å². The van der Waals surface area contributed by atoms with Gasteiger partial charge in [-0.1, -0.05) is 30.8 Å². The Hall–Kier alpha value is -3.52. The Balaban J connectivity index is 1.61. The highest BCUT2D eigenvalue weighted by Crippen LogP contribution is 2.20. The number of carbonyl (C=O) groups is 1. The lowest BCUT2D eigenvalue weighted by atomic mass is 10.0. The number of piperazine rings is 1. The molecule has 1 aromatic heterocycles. The van der Waals surface area contributed by atoms with Gasteiger partial charge in [0.2, 0.25) is 0 Å². The SMILES string of the molecule is C=CNC1CN(C(=O)c2cc(Cc3n[nH]c(=O)c4ccccc34)ccc2F)CCN1C. The average Bonchev–Trinajstić information content (AvgIpc) is 2.78. The molecule has 0 saturated carbocycles. The van der Waals surface area contributed by atoms with Gasteiger partial charge < -0.3 is 10.2 Å². The first-order valence-corrected chi connectivity index (χ1v) is 10.1. The van der Waals surface area contributed by atoms with E-state index in [4.69, 9.17) is 0 Å². The number of nitrogens with zero attached hydrogens (tertiary/aromatic N) is 3. The highest BCUT2D eigenvalue weighted by atomic mass is 19.1. The molecule has 2 aromatic carbocycles. The molecule has 0 spiro atoms. The van der Waals surface area contributed by atoms with Crippen LogP contribution in [0.2, 0.25) is 0 Å². The number of H-pyrrole nitrogens is 1. The first kappa shape index (κ1) is 20.7. The Morgan fingerprint density at radius 1 is 1.29 bits per heavy atom. The molecule has 1 aliphatic rings. The van der Waals surface area contributed by atoms with Crippen molar-refractivity contribution in [1.29, 1.82) is 0 Å². The summed E-state index contributed by atoms with van der Waals surface area (Å²) in [5.74, 6) is -0.900. The van der Waals surface area contributed by atoms with Gasteiger partial charge in [0.1, 0.15) is 5.82 Å². The lowest BCUT2D eigenvalue weighted by Gasteiger charge is -2.39. The summed E-state index contributed by atoms with van der Waals surface area (Å²) in [7, 11) is 1.96. The lowest BCUT2D eigenvalue weighted by molar-refractivity contribution is 0.0509. The fourth-order valence-electron chi connectivity index (χ4n) is 3.89. The van der Waals surface area contributed by atoms with Gasteiger partial charge in [-0.2, -0.15) is 5.10 Å². The zero-order chi connectivity index (χ0) is 22.0. The van der Waals surface area contributed by atoms with Crippen molar-refractivity contribution >= 4 is 16.7 Å². The second kappa shape index (κ2) is 8.69. The van der Waals surface area contributed by atoms with Gasteiger partial charge >= 0.3 is 0 Å². The van der Waals surface area contributed by atoms with Crippen molar-refractivity contribution in [3.05, 3.63) is 88.2 Å². The Kier molecular flexibility index (Phi) is 5.81. The van der Waals surface area contributed by atoms with Crippen molar-refractivity contribution in [1.82, 2.24) is 25.3 Å².